The Morgan fingerprint density at radius 2 is 1.41 bits per heavy atom. The third-order valence-electron chi connectivity index (χ3n) is 7.55. The third-order valence-corrected chi connectivity index (χ3v) is 7.55. The second-order valence-electron chi connectivity index (χ2n) is 11.1. The molecule has 0 fully saturated rings. The summed E-state index contributed by atoms with van der Waals surface area (Å²) in [5.41, 5.74) is 3.94. The zero-order chi connectivity index (χ0) is 31.5. The van der Waals surface area contributed by atoms with Crippen molar-refractivity contribution in [2.75, 3.05) is 47.6 Å². The molecule has 0 atom stereocenters. The van der Waals surface area contributed by atoms with Crippen LogP contribution in [0.3, 0.4) is 0 Å². The maximum absolute atomic E-state index is 6.08. The molecule has 0 aliphatic rings. The van der Waals surface area contributed by atoms with Crippen LogP contribution in [0.4, 0.5) is 0 Å². The van der Waals surface area contributed by atoms with E-state index in [9.17, 15) is 0 Å². The molecule has 8 nitrogen and oxygen atoms in total. The summed E-state index contributed by atoms with van der Waals surface area (Å²) in [5.74, 6) is 4.92. The van der Waals surface area contributed by atoms with Crippen LogP contribution in [0, 0.1) is 5.92 Å². The van der Waals surface area contributed by atoms with Gasteiger partial charge in [-0.2, -0.15) is 0 Å². The number of hydrogen-bond donors (Lipinski definition) is 0. The lowest BCUT2D eigenvalue weighted by atomic mass is 10.1. The largest absolute Gasteiger partial charge is 0.494 e. The molecule has 0 saturated carbocycles. The van der Waals surface area contributed by atoms with Crippen molar-refractivity contribution in [3.63, 3.8) is 0 Å². The van der Waals surface area contributed by atoms with E-state index in [-0.39, 0.29) is 0 Å². The first kappa shape index (κ1) is 32.7. The van der Waals surface area contributed by atoms with Crippen LogP contribution in [-0.2, 0) is 13.0 Å². The summed E-state index contributed by atoms with van der Waals surface area (Å²) in [4.78, 5) is 7.45. The van der Waals surface area contributed by atoms with Crippen LogP contribution in [0.25, 0.3) is 16.9 Å². The van der Waals surface area contributed by atoms with Gasteiger partial charge >= 0.3 is 0 Å². The lowest BCUT2D eigenvalue weighted by molar-refractivity contribution is 0.249. The van der Waals surface area contributed by atoms with Gasteiger partial charge in [0.1, 0.15) is 23.9 Å². The van der Waals surface area contributed by atoms with E-state index in [4.69, 9.17) is 28.7 Å². The summed E-state index contributed by atoms with van der Waals surface area (Å²) in [7, 11) is 4.80. The predicted octanol–water partition coefficient (Wildman–Crippen LogP) is 7.45. The fourth-order valence-electron chi connectivity index (χ4n) is 5.12. The highest BCUT2D eigenvalue weighted by molar-refractivity contribution is 5.61. The van der Waals surface area contributed by atoms with Crippen molar-refractivity contribution in [2.45, 2.75) is 47.1 Å². The Bertz CT molecular complexity index is 1420. The smallest absolute Gasteiger partial charge is 0.203 e. The number of ether oxygens (including phenoxy) is 5. The van der Waals surface area contributed by atoms with Gasteiger partial charge < -0.3 is 33.2 Å². The first-order valence-electron chi connectivity index (χ1n) is 15.4. The van der Waals surface area contributed by atoms with E-state index in [0.717, 1.165) is 72.3 Å². The minimum Gasteiger partial charge on any atom is -0.494 e. The van der Waals surface area contributed by atoms with Gasteiger partial charge in [0, 0.05) is 30.4 Å². The predicted molar refractivity (Wildman–Crippen MR) is 176 cm³/mol. The summed E-state index contributed by atoms with van der Waals surface area (Å²) in [5, 5.41) is 0. The Balaban J connectivity index is 1.44. The van der Waals surface area contributed by atoms with Gasteiger partial charge in [-0.15, -0.1) is 0 Å². The molecule has 236 valence electrons. The van der Waals surface area contributed by atoms with E-state index < -0.39 is 0 Å². The highest BCUT2D eigenvalue weighted by Crippen LogP contribution is 2.38. The molecular formula is C36H47N3O5. The first-order valence-corrected chi connectivity index (χ1v) is 15.4. The van der Waals surface area contributed by atoms with Crippen LogP contribution in [0.15, 0.2) is 66.9 Å². The van der Waals surface area contributed by atoms with Gasteiger partial charge in [0.2, 0.25) is 5.75 Å². The molecule has 0 bridgehead atoms. The van der Waals surface area contributed by atoms with Gasteiger partial charge in [-0.25, -0.2) is 4.98 Å². The van der Waals surface area contributed by atoms with E-state index in [1.807, 2.05) is 48.5 Å². The van der Waals surface area contributed by atoms with Crippen LogP contribution < -0.4 is 23.7 Å². The van der Waals surface area contributed by atoms with Crippen LogP contribution in [0.2, 0.25) is 0 Å². The van der Waals surface area contributed by atoms with Crippen molar-refractivity contribution in [1.29, 1.82) is 0 Å². The molecule has 1 heterocycles. The zero-order valence-electron chi connectivity index (χ0n) is 27.3. The number of imidazole rings is 1. The Labute approximate surface area is 262 Å². The molecular weight excluding hydrogens is 554 g/mol. The van der Waals surface area contributed by atoms with E-state index in [1.165, 1.54) is 0 Å². The zero-order valence-corrected chi connectivity index (χ0v) is 27.3. The van der Waals surface area contributed by atoms with E-state index in [1.54, 1.807) is 21.3 Å². The topological polar surface area (TPSA) is 67.2 Å². The molecule has 0 N–H and O–H groups in total. The first-order chi connectivity index (χ1) is 21.4. The summed E-state index contributed by atoms with van der Waals surface area (Å²) in [6.45, 7) is 13.1. The average Bonchev–Trinajstić information content (AvgIpc) is 3.46. The fourth-order valence-corrected chi connectivity index (χ4v) is 5.12. The van der Waals surface area contributed by atoms with Crippen molar-refractivity contribution in [2.24, 2.45) is 5.92 Å². The van der Waals surface area contributed by atoms with Gasteiger partial charge in [0.25, 0.3) is 0 Å². The van der Waals surface area contributed by atoms with E-state index in [2.05, 4.69) is 55.5 Å². The maximum Gasteiger partial charge on any atom is 0.203 e. The number of methoxy groups -OCH3 is 3. The fraction of sp³-hybridized carbons (Fsp3) is 0.417. The van der Waals surface area contributed by atoms with Crippen LogP contribution in [0.1, 0.15) is 45.5 Å². The molecule has 44 heavy (non-hydrogen) atoms. The number of aromatic nitrogens is 2. The van der Waals surface area contributed by atoms with Gasteiger partial charge in [-0.1, -0.05) is 27.7 Å². The second kappa shape index (κ2) is 16.1. The number of rotatable bonds is 17. The second-order valence-corrected chi connectivity index (χ2v) is 11.1. The third kappa shape index (κ3) is 8.47. The number of benzene rings is 3. The molecule has 4 aromatic rings. The van der Waals surface area contributed by atoms with Gasteiger partial charge in [-0.3, -0.25) is 0 Å². The Morgan fingerprint density at radius 1 is 0.795 bits per heavy atom. The van der Waals surface area contributed by atoms with Crippen molar-refractivity contribution >= 4 is 0 Å². The van der Waals surface area contributed by atoms with Crippen molar-refractivity contribution in [1.82, 2.24) is 14.5 Å². The van der Waals surface area contributed by atoms with Crippen molar-refractivity contribution in [3.8, 4) is 45.7 Å². The standard InChI is InChI=1S/C36H47N3O5/c1-8-38(9-2)19-10-20-43-30-17-13-29(14-18-30)39-24-32(37-35(39)21-26(3)4)28-11-15-31(16-12-28)44-25-27-22-33(40-5)36(42-7)34(23-27)41-6/h11-18,22-24,26H,8-10,19-21,25H2,1-7H3. The quantitative estimate of drug-likeness (QED) is 0.116. The van der Waals surface area contributed by atoms with E-state index in [0.29, 0.717) is 36.4 Å². The summed E-state index contributed by atoms with van der Waals surface area (Å²) in [6.07, 6.45) is 4.00. The highest BCUT2D eigenvalue weighted by atomic mass is 16.5. The van der Waals surface area contributed by atoms with Crippen LogP contribution in [-0.4, -0.2) is 62.0 Å². The Hall–Kier alpha value is -4.17. The number of nitrogens with zero attached hydrogens (tertiary/aromatic N) is 3. The molecule has 0 aliphatic heterocycles. The minimum absolute atomic E-state index is 0.360. The number of hydrogen-bond acceptors (Lipinski definition) is 7. The summed E-state index contributed by atoms with van der Waals surface area (Å²) >= 11 is 0. The molecule has 0 amide bonds. The van der Waals surface area contributed by atoms with Crippen LogP contribution >= 0.6 is 0 Å². The van der Waals surface area contributed by atoms with Crippen molar-refractivity contribution in [3.05, 3.63) is 78.2 Å². The minimum atomic E-state index is 0.360. The molecule has 3 aromatic carbocycles. The summed E-state index contributed by atoms with van der Waals surface area (Å²) < 4.78 is 30.6. The SMILES string of the molecule is CCN(CC)CCCOc1ccc(-n2cc(-c3ccc(OCc4cc(OC)c(OC)c(OC)c4)cc3)nc2CC(C)C)cc1. The molecule has 0 unspecified atom stereocenters. The molecule has 0 aliphatic carbocycles. The molecule has 0 saturated heterocycles. The highest BCUT2D eigenvalue weighted by Gasteiger charge is 2.15. The molecule has 8 heteroatoms. The molecule has 1 aromatic heterocycles. The monoisotopic (exact) mass is 601 g/mol. The molecule has 4 rings (SSSR count). The van der Waals surface area contributed by atoms with E-state index >= 15 is 0 Å². The molecule has 0 spiro atoms. The van der Waals surface area contributed by atoms with Gasteiger partial charge in [-0.05, 0) is 91.7 Å². The average molecular weight is 602 g/mol. The normalized spacial score (nSPS) is 11.2. The van der Waals surface area contributed by atoms with Gasteiger partial charge in [0.05, 0.1) is 33.6 Å². The van der Waals surface area contributed by atoms with Crippen LogP contribution in [0.5, 0.6) is 28.7 Å². The Morgan fingerprint density at radius 3 is 1.98 bits per heavy atom. The van der Waals surface area contributed by atoms with Gasteiger partial charge in [0.15, 0.2) is 11.5 Å². The van der Waals surface area contributed by atoms with Crippen molar-refractivity contribution < 1.29 is 23.7 Å². The maximum atomic E-state index is 6.08. The summed E-state index contributed by atoms with van der Waals surface area (Å²) in [6, 6.07) is 20.1. The lowest BCUT2D eigenvalue weighted by Crippen LogP contribution is -2.25. The Kier molecular flexibility index (Phi) is 11.9. The lowest BCUT2D eigenvalue weighted by Gasteiger charge is -2.17. The molecule has 0 radical (unpaired) electrons.